The Morgan fingerprint density at radius 3 is 2.05 bits per heavy atom. The first kappa shape index (κ1) is 13.4. The first-order valence-corrected chi connectivity index (χ1v) is 7.51. The third kappa shape index (κ3) is 1.94. The monoisotopic (exact) mass is 276 g/mol. The van der Waals surface area contributed by atoms with Crippen LogP contribution in [0.4, 0.5) is 0 Å². The van der Waals surface area contributed by atoms with Crippen LogP contribution >= 0.6 is 0 Å². The molecule has 1 fully saturated rings. The summed E-state index contributed by atoms with van der Waals surface area (Å²) in [5.74, 6) is 0.0447. The molecule has 6 heteroatoms. The molecule has 0 saturated heterocycles. The molecule has 2 atom stereocenters. The summed E-state index contributed by atoms with van der Waals surface area (Å²) in [5, 5.41) is 17.4. The smallest absolute Gasteiger partial charge is 0.169 e. The van der Waals surface area contributed by atoms with Crippen LogP contribution in [-0.2, 0) is 9.84 Å². The molecule has 0 N–H and O–H groups in total. The van der Waals surface area contributed by atoms with Crippen molar-refractivity contribution in [3.8, 4) is 17.9 Å². The Balaban J connectivity index is 2.45. The van der Waals surface area contributed by atoms with E-state index < -0.39 is 26.4 Å². The lowest BCUT2D eigenvalue weighted by Gasteiger charge is -2.02. The Bertz CT molecular complexity index is 666. The molecule has 19 heavy (non-hydrogen) atoms. The number of sulfone groups is 1. The van der Waals surface area contributed by atoms with E-state index in [-0.39, 0.29) is 0 Å². The summed E-state index contributed by atoms with van der Waals surface area (Å²) in [6.45, 7) is 0. The molecule has 0 aromatic heterocycles. The number of methoxy groups -OCH3 is 1. The van der Waals surface area contributed by atoms with E-state index in [2.05, 4.69) is 0 Å². The quantitative estimate of drug-likeness (QED) is 0.828. The average molecular weight is 276 g/mol. The van der Waals surface area contributed by atoms with Crippen LogP contribution in [0, 0.1) is 28.1 Å². The van der Waals surface area contributed by atoms with Crippen molar-refractivity contribution in [3.05, 3.63) is 29.8 Å². The topological polar surface area (TPSA) is 90.9 Å². The van der Waals surface area contributed by atoms with Gasteiger partial charge in [-0.15, -0.1) is 0 Å². The largest absolute Gasteiger partial charge is 0.497 e. The summed E-state index contributed by atoms with van der Waals surface area (Å²) in [6.07, 6.45) is 1.06. The Hall–Kier alpha value is -2.05. The second-order valence-corrected chi connectivity index (χ2v) is 6.76. The summed E-state index contributed by atoms with van der Waals surface area (Å²) in [6, 6.07) is 10.5. The van der Waals surface area contributed by atoms with E-state index in [9.17, 15) is 8.42 Å². The summed E-state index contributed by atoms with van der Waals surface area (Å²) >= 11 is 0. The Labute approximate surface area is 112 Å². The van der Waals surface area contributed by atoms with Gasteiger partial charge in [-0.2, -0.15) is 10.5 Å². The molecule has 1 aromatic rings. The van der Waals surface area contributed by atoms with Gasteiger partial charge in [-0.25, -0.2) is 8.42 Å². The zero-order valence-corrected chi connectivity index (χ0v) is 11.3. The van der Waals surface area contributed by atoms with Gasteiger partial charge in [-0.1, -0.05) is 12.1 Å². The molecule has 98 valence electrons. The molecule has 0 radical (unpaired) electrons. The predicted octanol–water partition coefficient (Wildman–Crippen LogP) is 1.24. The number of rotatable bonds is 3. The van der Waals surface area contributed by atoms with Crippen molar-refractivity contribution < 1.29 is 13.2 Å². The maximum atomic E-state index is 11.7. The van der Waals surface area contributed by atoms with Crippen LogP contribution in [-0.4, -0.2) is 27.0 Å². The summed E-state index contributed by atoms with van der Waals surface area (Å²) in [7, 11) is -1.92. The standard InChI is InChI=1S/C13H12N2O3S/c1-18-10-5-3-9(4-6-10)11-12(19(2,16)17)13(11,7-14)8-15/h3-6,11-12H,1-2H3. The van der Waals surface area contributed by atoms with Gasteiger partial charge in [-0.05, 0) is 17.7 Å². The van der Waals surface area contributed by atoms with Gasteiger partial charge in [0.15, 0.2) is 15.3 Å². The van der Waals surface area contributed by atoms with E-state index in [0.29, 0.717) is 11.3 Å². The lowest BCUT2D eigenvalue weighted by atomic mass is 10.0. The van der Waals surface area contributed by atoms with Gasteiger partial charge in [0.2, 0.25) is 0 Å². The highest BCUT2D eigenvalue weighted by Crippen LogP contribution is 2.62. The molecule has 1 aliphatic carbocycles. The fraction of sp³-hybridized carbons (Fsp3) is 0.385. The van der Waals surface area contributed by atoms with Crippen molar-refractivity contribution >= 4 is 9.84 Å². The van der Waals surface area contributed by atoms with Gasteiger partial charge in [0.25, 0.3) is 0 Å². The van der Waals surface area contributed by atoms with E-state index >= 15 is 0 Å². The normalized spacial score (nSPS) is 24.0. The lowest BCUT2D eigenvalue weighted by Crippen LogP contribution is -2.11. The molecule has 5 nitrogen and oxygen atoms in total. The highest BCUT2D eigenvalue weighted by molar-refractivity contribution is 7.91. The SMILES string of the molecule is COc1ccc(C2C(S(C)(=O)=O)C2(C#N)C#N)cc1. The zero-order valence-electron chi connectivity index (χ0n) is 10.5. The van der Waals surface area contributed by atoms with Gasteiger partial charge in [0.05, 0.1) is 19.2 Å². The average Bonchev–Trinajstić information content (AvgIpc) is 3.09. The zero-order chi connectivity index (χ0) is 14.3. The van der Waals surface area contributed by atoms with Crippen LogP contribution in [0.2, 0.25) is 0 Å². The maximum Gasteiger partial charge on any atom is 0.169 e. The molecule has 2 unspecified atom stereocenters. The van der Waals surface area contributed by atoms with Crippen LogP contribution in [0.25, 0.3) is 0 Å². The van der Waals surface area contributed by atoms with Crippen molar-refractivity contribution in [2.75, 3.05) is 13.4 Å². The van der Waals surface area contributed by atoms with E-state index in [1.54, 1.807) is 24.3 Å². The minimum atomic E-state index is -3.45. The van der Waals surface area contributed by atoms with Crippen LogP contribution < -0.4 is 4.74 Å². The fourth-order valence-corrected chi connectivity index (χ4v) is 4.20. The fourth-order valence-electron chi connectivity index (χ4n) is 2.48. The van der Waals surface area contributed by atoms with Crippen molar-refractivity contribution in [2.45, 2.75) is 11.2 Å². The Morgan fingerprint density at radius 2 is 1.74 bits per heavy atom. The number of nitrogens with zero attached hydrogens (tertiary/aromatic N) is 2. The Morgan fingerprint density at radius 1 is 1.21 bits per heavy atom. The number of hydrogen-bond acceptors (Lipinski definition) is 5. The van der Waals surface area contributed by atoms with E-state index in [4.69, 9.17) is 15.3 Å². The first-order valence-electron chi connectivity index (χ1n) is 5.56. The van der Waals surface area contributed by atoms with Gasteiger partial charge in [0.1, 0.15) is 11.0 Å². The van der Waals surface area contributed by atoms with E-state index in [1.807, 2.05) is 12.1 Å². The minimum absolute atomic E-state index is 0.594. The number of benzene rings is 1. The van der Waals surface area contributed by atoms with Crippen LogP contribution in [0.3, 0.4) is 0 Å². The van der Waals surface area contributed by atoms with Crippen molar-refractivity contribution in [3.63, 3.8) is 0 Å². The molecule has 2 rings (SSSR count). The highest BCUT2D eigenvalue weighted by Gasteiger charge is 2.72. The van der Waals surface area contributed by atoms with Gasteiger partial charge < -0.3 is 4.74 Å². The number of hydrogen-bond donors (Lipinski definition) is 0. The second kappa shape index (κ2) is 4.25. The van der Waals surface area contributed by atoms with E-state index in [1.165, 1.54) is 7.11 Å². The summed E-state index contributed by atoms with van der Waals surface area (Å²) < 4.78 is 28.4. The Kier molecular flexibility index (Phi) is 3.00. The molecular formula is C13H12N2O3S. The molecule has 0 spiro atoms. The molecule has 0 heterocycles. The number of nitriles is 2. The molecule has 0 aliphatic heterocycles. The molecule has 0 bridgehead atoms. The van der Waals surface area contributed by atoms with E-state index in [0.717, 1.165) is 6.26 Å². The molecular weight excluding hydrogens is 264 g/mol. The first-order chi connectivity index (χ1) is 8.90. The molecule has 1 aliphatic rings. The third-order valence-corrected chi connectivity index (χ3v) is 5.01. The lowest BCUT2D eigenvalue weighted by molar-refractivity contribution is 0.414. The predicted molar refractivity (Wildman–Crippen MR) is 68.0 cm³/mol. The molecule has 1 aromatic carbocycles. The summed E-state index contributed by atoms with van der Waals surface area (Å²) in [5.41, 5.74) is -0.804. The molecule has 0 amide bonds. The van der Waals surface area contributed by atoms with Crippen LogP contribution in [0.1, 0.15) is 11.5 Å². The summed E-state index contributed by atoms with van der Waals surface area (Å²) in [4.78, 5) is 0. The van der Waals surface area contributed by atoms with Crippen molar-refractivity contribution in [1.82, 2.24) is 0 Å². The van der Waals surface area contributed by atoms with Crippen LogP contribution in [0.5, 0.6) is 5.75 Å². The van der Waals surface area contributed by atoms with Crippen molar-refractivity contribution in [2.24, 2.45) is 5.41 Å². The van der Waals surface area contributed by atoms with Gasteiger partial charge in [-0.3, -0.25) is 0 Å². The van der Waals surface area contributed by atoms with Gasteiger partial charge >= 0.3 is 0 Å². The second-order valence-electron chi connectivity index (χ2n) is 4.59. The third-order valence-electron chi connectivity index (χ3n) is 3.44. The van der Waals surface area contributed by atoms with Gasteiger partial charge in [0, 0.05) is 12.2 Å². The molecule has 1 saturated carbocycles. The maximum absolute atomic E-state index is 11.7. The van der Waals surface area contributed by atoms with Crippen molar-refractivity contribution in [1.29, 1.82) is 10.5 Å². The minimum Gasteiger partial charge on any atom is -0.497 e. The highest BCUT2D eigenvalue weighted by atomic mass is 32.2. The number of ether oxygens (including phenoxy) is 1. The van der Waals surface area contributed by atoms with Crippen LogP contribution in [0.15, 0.2) is 24.3 Å².